The molecule has 53 heavy (non-hydrogen) atoms. The van der Waals surface area contributed by atoms with Crippen LogP contribution in [0, 0.1) is 6.92 Å². The van der Waals surface area contributed by atoms with Gasteiger partial charge in [-0.3, -0.25) is 14.8 Å². The number of nitrogens with zero attached hydrogens (tertiary/aromatic N) is 3. The Balaban J connectivity index is 1.54. The van der Waals surface area contributed by atoms with Gasteiger partial charge in [-0.2, -0.15) is 5.10 Å². The van der Waals surface area contributed by atoms with Crippen LogP contribution in [0.1, 0.15) is 53.6 Å². The lowest BCUT2D eigenvalue weighted by molar-refractivity contribution is -0.129. The molecule has 0 atom stereocenters. The van der Waals surface area contributed by atoms with Crippen molar-refractivity contribution >= 4 is 48.5 Å². The number of hydrazone groups is 1. The van der Waals surface area contributed by atoms with Crippen LogP contribution in [0.2, 0.25) is 5.04 Å². The molecule has 2 aromatic heterocycles. The molecule has 0 saturated heterocycles. The van der Waals surface area contributed by atoms with Crippen LogP contribution in [-0.2, 0) is 15.8 Å². The number of anilines is 1. The Morgan fingerprint density at radius 3 is 2.09 bits per heavy atom. The van der Waals surface area contributed by atoms with E-state index in [1.54, 1.807) is 43.5 Å². The van der Waals surface area contributed by atoms with Gasteiger partial charge in [-0.1, -0.05) is 87.5 Å². The molecule has 3 N–H and O–H groups in total. The third-order valence-electron chi connectivity index (χ3n) is 8.64. The number of nitrogens with two attached hydrogens (primary N) is 1. The first kappa shape index (κ1) is 38.1. The molecule has 12 heteroatoms. The highest BCUT2D eigenvalue weighted by atomic mass is 28.4. The predicted octanol–water partition coefficient (Wildman–Crippen LogP) is 5.84. The summed E-state index contributed by atoms with van der Waals surface area (Å²) in [6.45, 7) is 8.38. The van der Waals surface area contributed by atoms with Crippen molar-refractivity contribution in [2.24, 2.45) is 5.10 Å². The van der Waals surface area contributed by atoms with Crippen molar-refractivity contribution in [2.75, 3.05) is 20.0 Å². The van der Waals surface area contributed by atoms with Gasteiger partial charge in [-0.15, -0.1) is 0 Å². The maximum absolute atomic E-state index is 13.4. The summed E-state index contributed by atoms with van der Waals surface area (Å²) in [4.78, 5) is 34.9. The van der Waals surface area contributed by atoms with Gasteiger partial charge in [0.25, 0.3) is 14.2 Å². The number of carbonyl (C=O) groups is 2. The number of aryl methyl sites for hydroxylation is 1. The van der Waals surface area contributed by atoms with E-state index in [4.69, 9.17) is 24.4 Å². The molecule has 5 rings (SSSR count). The van der Waals surface area contributed by atoms with Crippen LogP contribution in [0.15, 0.2) is 115 Å². The number of rotatable bonds is 13. The topological polar surface area (TPSA) is 147 Å². The van der Waals surface area contributed by atoms with Gasteiger partial charge in [0.05, 0.1) is 32.7 Å². The third kappa shape index (κ3) is 8.68. The minimum Gasteiger partial charge on any atom is -0.493 e. The second-order valence-electron chi connectivity index (χ2n) is 13.1. The van der Waals surface area contributed by atoms with Crippen LogP contribution in [0.5, 0.6) is 17.2 Å². The molecular weight excluding hydrogens is 687 g/mol. The SMILES string of the molecule is COc1cc(N)c(C=CC(=O)Oc2c(C)ncc(CO[Si](c3ccccc3)(c3ccccc3)C(C)(C)C)c2/C=N/NC(=O)c2ccccn2)cc1OC. The highest BCUT2D eigenvalue weighted by Crippen LogP contribution is 2.38. The Morgan fingerprint density at radius 1 is 0.887 bits per heavy atom. The first-order valence-electron chi connectivity index (χ1n) is 16.9. The number of nitrogen functional groups attached to an aromatic ring is 1. The number of hydrogen-bond acceptors (Lipinski definition) is 10. The van der Waals surface area contributed by atoms with Gasteiger partial charge in [0.1, 0.15) is 5.69 Å². The van der Waals surface area contributed by atoms with Crippen molar-refractivity contribution in [1.82, 2.24) is 15.4 Å². The number of pyridine rings is 2. The minimum absolute atomic E-state index is 0.0959. The number of methoxy groups -OCH3 is 2. The molecule has 3 aromatic carbocycles. The molecule has 0 radical (unpaired) electrons. The number of nitrogens with one attached hydrogen (secondary N) is 1. The summed E-state index contributed by atoms with van der Waals surface area (Å²) < 4.78 is 23.9. The smallest absolute Gasteiger partial charge is 0.336 e. The molecule has 0 unspecified atom stereocenters. The normalized spacial score (nSPS) is 11.8. The zero-order valence-electron chi connectivity index (χ0n) is 30.6. The largest absolute Gasteiger partial charge is 0.493 e. The Bertz CT molecular complexity index is 2060. The molecule has 0 aliphatic carbocycles. The first-order chi connectivity index (χ1) is 25.5. The lowest BCUT2D eigenvalue weighted by atomic mass is 10.1. The first-order valence-corrected chi connectivity index (χ1v) is 18.8. The molecule has 11 nitrogen and oxygen atoms in total. The van der Waals surface area contributed by atoms with E-state index in [2.05, 4.69) is 65.5 Å². The summed E-state index contributed by atoms with van der Waals surface area (Å²) in [6.07, 6.45) is 7.40. The highest BCUT2D eigenvalue weighted by molar-refractivity contribution is 6.99. The molecule has 0 fully saturated rings. The summed E-state index contributed by atoms with van der Waals surface area (Å²) in [5.74, 6) is -0.135. The van der Waals surface area contributed by atoms with Crippen molar-refractivity contribution in [1.29, 1.82) is 0 Å². The van der Waals surface area contributed by atoms with E-state index in [0.717, 1.165) is 10.4 Å². The molecule has 1 amide bonds. The molecular formula is C41H43N5O6Si. The van der Waals surface area contributed by atoms with Crippen molar-refractivity contribution < 1.29 is 28.2 Å². The third-order valence-corrected chi connectivity index (χ3v) is 13.6. The Labute approximate surface area is 310 Å². The number of hydrogen-bond donors (Lipinski definition) is 2. The molecule has 0 aliphatic rings. The fraction of sp³-hybridized carbons (Fsp3) is 0.195. The van der Waals surface area contributed by atoms with Crippen LogP contribution in [-0.4, -0.2) is 50.6 Å². The summed E-state index contributed by atoms with van der Waals surface area (Å²) >= 11 is 0. The van der Waals surface area contributed by atoms with Crippen molar-refractivity contribution in [3.05, 3.63) is 138 Å². The van der Waals surface area contributed by atoms with E-state index in [-0.39, 0.29) is 23.1 Å². The second-order valence-corrected chi connectivity index (χ2v) is 17.4. The van der Waals surface area contributed by atoms with Gasteiger partial charge < -0.3 is 24.4 Å². The van der Waals surface area contributed by atoms with Gasteiger partial charge in [0.15, 0.2) is 17.2 Å². The van der Waals surface area contributed by atoms with Crippen LogP contribution < -0.4 is 35.7 Å². The molecule has 0 saturated carbocycles. The van der Waals surface area contributed by atoms with Crippen molar-refractivity contribution in [3.8, 4) is 17.2 Å². The Kier molecular flexibility index (Phi) is 12.2. The van der Waals surface area contributed by atoms with Gasteiger partial charge in [0, 0.05) is 46.9 Å². The Hall–Kier alpha value is -6.11. The standard InChI is InChI=1S/C41H43N5O6Si/c1-28-39(52-38(47)21-20-29-23-36(49-5)37(50-6)24-34(29)42)33(26-45-46-40(48)35-19-13-14-22-43-35)30(25-44-28)27-51-53(41(2,3)4,31-15-9-7-10-16-31)32-17-11-8-12-18-32/h7-26H,27,42H2,1-6H3,(H,46,48)/b21-20?,45-26+. The zero-order valence-corrected chi connectivity index (χ0v) is 31.6. The van der Waals surface area contributed by atoms with E-state index in [9.17, 15) is 9.59 Å². The van der Waals surface area contributed by atoms with Gasteiger partial charge in [-0.05, 0) is 46.6 Å². The molecule has 0 spiro atoms. The number of ether oxygens (including phenoxy) is 3. The lowest BCUT2D eigenvalue weighted by Crippen LogP contribution is -2.66. The summed E-state index contributed by atoms with van der Waals surface area (Å²) in [5.41, 5.74) is 11.3. The van der Waals surface area contributed by atoms with E-state index in [0.29, 0.717) is 39.6 Å². The lowest BCUT2D eigenvalue weighted by Gasteiger charge is -2.43. The van der Waals surface area contributed by atoms with Gasteiger partial charge in [-0.25, -0.2) is 10.2 Å². The fourth-order valence-electron chi connectivity index (χ4n) is 6.03. The maximum atomic E-state index is 13.4. The molecule has 0 bridgehead atoms. The molecule has 0 aliphatic heterocycles. The maximum Gasteiger partial charge on any atom is 0.336 e. The van der Waals surface area contributed by atoms with E-state index in [1.807, 2.05) is 36.4 Å². The number of benzene rings is 3. The summed E-state index contributed by atoms with van der Waals surface area (Å²) in [6, 6.07) is 28.8. The number of esters is 1. The average Bonchev–Trinajstić information content (AvgIpc) is 3.16. The minimum atomic E-state index is -2.98. The zero-order chi connectivity index (χ0) is 38.0. The van der Waals surface area contributed by atoms with Crippen molar-refractivity contribution in [3.63, 3.8) is 0 Å². The molecule has 5 aromatic rings. The fourth-order valence-corrected chi connectivity index (χ4v) is 10.6. The Morgan fingerprint density at radius 2 is 1.51 bits per heavy atom. The average molecular weight is 730 g/mol. The number of carbonyl (C=O) groups excluding carboxylic acids is 2. The second kappa shape index (κ2) is 16.9. The van der Waals surface area contributed by atoms with Gasteiger partial charge in [0.2, 0.25) is 0 Å². The van der Waals surface area contributed by atoms with E-state index < -0.39 is 20.2 Å². The number of aromatic nitrogens is 2. The van der Waals surface area contributed by atoms with Crippen LogP contribution in [0.3, 0.4) is 0 Å². The van der Waals surface area contributed by atoms with Gasteiger partial charge >= 0.3 is 5.97 Å². The van der Waals surface area contributed by atoms with Crippen LogP contribution in [0.4, 0.5) is 5.69 Å². The van der Waals surface area contributed by atoms with Crippen molar-refractivity contribution in [2.45, 2.75) is 39.3 Å². The molecule has 272 valence electrons. The van der Waals surface area contributed by atoms with E-state index >= 15 is 0 Å². The summed E-state index contributed by atoms with van der Waals surface area (Å²) in [5, 5.41) is 6.15. The highest BCUT2D eigenvalue weighted by Gasteiger charge is 2.50. The van der Waals surface area contributed by atoms with Crippen LogP contribution in [0.25, 0.3) is 6.08 Å². The summed E-state index contributed by atoms with van der Waals surface area (Å²) in [7, 11) is 0.0430. The molecule has 2 heterocycles. The monoisotopic (exact) mass is 729 g/mol. The van der Waals surface area contributed by atoms with Crippen LogP contribution >= 0.6 is 0 Å². The number of amides is 1. The predicted molar refractivity (Wildman–Crippen MR) is 209 cm³/mol. The quantitative estimate of drug-likeness (QED) is 0.0381. The van der Waals surface area contributed by atoms with E-state index in [1.165, 1.54) is 38.8 Å².